The minimum Gasteiger partial charge on any atom is -0.496 e. The fourth-order valence-electron chi connectivity index (χ4n) is 3.03. The molecule has 0 radical (unpaired) electrons. The Bertz CT molecular complexity index is 891. The van der Waals surface area contributed by atoms with Crippen LogP contribution in [0.3, 0.4) is 0 Å². The summed E-state index contributed by atoms with van der Waals surface area (Å²) in [6.45, 7) is 2.85. The van der Waals surface area contributed by atoms with Gasteiger partial charge < -0.3 is 14.4 Å². The van der Waals surface area contributed by atoms with E-state index in [9.17, 15) is 4.79 Å². The molecule has 3 rings (SSSR count). The van der Waals surface area contributed by atoms with E-state index in [1.807, 2.05) is 55.6 Å². The van der Waals surface area contributed by atoms with E-state index >= 15 is 0 Å². The molecule has 0 fully saturated rings. The van der Waals surface area contributed by atoms with Gasteiger partial charge in [0.2, 0.25) is 0 Å². The van der Waals surface area contributed by atoms with Crippen LogP contribution in [0, 0.1) is 0 Å². The Morgan fingerprint density at radius 3 is 2.73 bits per heavy atom. The Balaban J connectivity index is 1.96. The fraction of sp³-hybridized carbons (Fsp3) is 0.300. The highest BCUT2D eigenvalue weighted by Gasteiger charge is 2.25. The van der Waals surface area contributed by atoms with Crippen LogP contribution in [0.25, 0.3) is 5.52 Å². The number of rotatable bonds is 7. The van der Waals surface area contributed by atoms with E-state index in [0.717, 1.165) is 16.8 Å². The topological polar surface area (TPSA) is 56.1 Å². The standard InChI is InChI=1S/C20H23N3O3/c1-15(14-25-2)22(13-16-8-4-5-10-19(16)26-3)20(24)17-12-21-23-11-7-6-9-18(17)23/h4-12,15H,13-14H2,1-3H3/t15-/m1/s1. The van der Waals surface area contributed by atoms with Crippen LogP contribution in [0.5, 0.6) is 5.75 Å². The first-order valence-electron chi connectivity index (χ1n) is 8.50. The molecule has 1 amide bonds. The van der Waals surface area contributed by atoms with Crippen LogP contribution in [-0.2, 0) is 11.3 Å². The fourth-order valence-corrected chi connectivity index (χ4v) is 3.03. The number of fused-ring (bicyclic) bond motifs is 1. The van der Waals surface area contributed by atoms with Gasteiger partial charge in [0, 0.05) is 18.9 Å². The number of carbonyl (C=O) groups excluding carboxylic acids is 1. The lowest BCUT2D eigenvalue weighted by molar-refractivity contribution is 0.0542. The van der Waals surface area contributed by atoms with Crippen LogP contribution in [0.2, 0.25) is 0 Å². The van der Waals surface area contributed by atoms with E-state index in [2.05, 4.69) is 5.10 Å². The lowest BCUT2D eigenvalue weighted by Gasteiger charge is -2.29. The molecule has 0 N–H and O–H groups in total. The van der Waals surface area contributed by atoms with Gasteiger partial charge in [-0.3, -0.25) is 4.79 Å². The zero-order chi connectivity index (χ0) is 18.5. The Hall–Kier alpha value is -2.86. The summed E-state index contributed by atoms with van der Waals surface area (Å²) in [5.41, 5.74) is 2.30. The first-order chi connectivity index (χ1) is 12.7. The molecule has 3 aromatic rings. The molecule has 0 saturated heterocycles. The minimum atomic E-state index is -0.101. The Morgan fingerprint density at radius 2 is 1.96 bits per heavy atom. The molecule has 2 heterocycles. The van der Waals surface area contributed by atoms with Crippen molar-refractivity contribution in [3.63, 3.8) is 0 Å². The molecule has 0 unspecified atom stereocenters. The minimum absolute atomic E-state index is 0.0818. The molecule has 0 spiro atoms. The molecule has 0 aliphatic carbocycles. The predicted molar refractivity (Wildman–Crippen MR) is 99.4 cm³/mol. The predicted octanol–water partition coefficient (Wildman–Crippen LogP) is 3.02. The number of hydrogen-bond acceptors (Lipinski definition) is 4. The van der Waals surface area contributed by atoms with Crippen molar-refractivity contribution in [1.29, 1.82) is 0 Å². The second kappa shape index (κ2) is 8.01. The van der Waals surface area contributed by atoms with Crippen LogP contribution >= 0.6 is 0 Å². The van der Waals surface area contributed by atoms with Crippen LogP contribution in [0.1, 0.15) is 22.8 Å². The van der Waals surface area contributed by atoms with Crippen molar-refractivity contribution in [2.45, 2.75) is 19.5 Å². The Morgan fingerprint density at radius 1 is 1.19 bits per heavy atom. The molecule has 0 bridgehead atoms. The number of aromatic nitrogens is 2. The highest BCUT2D eigenvalue weighted by Crippen LogP contribution is 2.23. The summed E-state index contributed by atoms with van der Waals surface area (Å²) in [6, 6.07) is 13.3. The molecule has 0 aliphatic rings. The third-order valence-corrected chi connectivity index (χ3v) is 4.39. The number of ether oxygens (including phenoxy) is 2. The van der Waals surface area contributed by atoms with Crippen molar-refractivity contribution in [3.8, 4) is 5.75 Å². The second-order valence-corrected chi connectivity index (χ2v) is 6.14. The first-order valence-corrected chi connectivity index (χ1v) is 8.50. The molecule has 6 heteroatoms. The third-order valence-electron chi connectivity index (χ3n) is 4.39. The van der Waals surface area contributed by atoms with Gasteiger partial charge in [0.1, 0.15) is 5.75 Å². The van der Waals surface area contributed by atoms with E-state index in [0.29, 0.717) is 18.7 Å². The summed E-state index contributed by atoms with van der Waals surface area (Å²) in [7, 11) is 3.27. The molecular formula is C20H23N3O3. The van der Waals surface area contributed by atoms with Crippen LogP contribution in [0.4, 0.5) is 0 Å². The first kappa shape index (κ1) is 17.9. The summed E-state index contributed by atoms with van der Waals surface area (Å²) >= 11 is 0. The van der Waals surface area contributed by atoms with Crippen LogP contribution in [-0.4, -0.2) is 47.3 Å². The molecule has 26 heavy (non-hydrogen) atoms. The van der Waals surface area contributed by atoms with E-state index in [1.165, 1.54) is 0 Å². The monoisotopic (exact) mass is 353 g/mol. The number of benzene rings is 1. The molecule has 0 saturated carbocycles. The van der Waals surface area contributed by atoms with E-state index in [1.54, 1.807) is 29.8 Å². The van der Waals surface area contributed by atoms with E-state index < -0.39 is 0 Å². The third kappa shape index (κ3) is 3.55. The summed E-state index contributed by atoms with van der Waals surface area (Å²) in [4.78, 5) is 15.1. The summed E-state index contributed by atoms with van der Waals surface area (Å²) in [5, 5.41) is 4.28. The summed E-state index contributed by atoms with van der Waals surface area (Å²) in [5.74, 6) is 0.677. The second-order valence-electron chi connectivity index (χ2n) is 6.14. The normalized spacial score (nSPS) is 12.1. The molecule has 1 aromatic carbocycles. The van der Waals surface area contributed by atoms with Gasteiger partial charge in [-0.25, -0.2) is 4.52 Å². The average Bonchev–Trinajstić information content (AvgIpc) is 3.10. The van der Waals surface area contributed by atoms with Gasteiger partial charge in [-0.05, 0) is 25.1 Å². The number of carbonyl (C=O) groups is 1. The van der Waals surface area contributed by atoms with Crippen molar-refractivity contribution in [2.24, 2.45) is 0 Å². The maximum Gasteiger partial charge on any atom is 0.258 e. The van der Waals surface area contributed by atoms with Gasteiger partial charge in [0.05, 0.1) is 43.6 Å². The van der Waals surface area contributed by atoms with E-state index in [-0.39, 0.29) is 11.9 Å². The largest absolute Gasteiger partial charge is 0.496 e. The number of hydrogen-bond donors (Lipinski definition) is 0. The zero-order valence-corrected chi connectivity index (χ0v) is 15.3. The van der Waals surface area contributed by atoms with Crippen molar-refractivity contribution in [1.82, 2.24) is 14.5 Å². The molecule has 136 valence electrons. The van der Waals surface area contributed by atoms with Gasteiger partial charge in [-0.1, -0.05) is 24.3 Å². The molecule has 0 aliphatic heterocycles. The molecular weight excluding hydrogens is 330 g/mol. The summed E-state index contributed by atoms with van der Waals surface area (Å²) in [6.07, 6.45) is 3.45. The van der Waals surface area contributed by atoms with Crippen molar-refractivity contribution < 1.29 is 14.3 Å². The number of nitrogens with zero attached hydrogens (tertiary/aromatic N) is 3. The quantitative estimate of drug-likeness (QED) is 0.655. The Kier molecular flexibility index (Phi) is 5.53. The number of para-hydroxylation sites is 1. The van der Waals surface area contributed by atoms with Gasteiger partial charge >= 0.3 is 0 Å². The average molecular weight is 353 g/mol. The van der Waals surface area contributed by atoms with Crippen molar-refractivity contribution in [3.05, 3.63) is 66.0 Å². The Labute approximate surface area is 152 Å². The maximum absolute atomic E-state index is 13.3. The molecule has 6 nitrogen and oxygen atoms in total. The number of pyridine rings is 1. The maximum atomic E-state index is 13.3. The van der Waals surface area contributed by atoms with Gasteiger partial charge in [0.25, 0.3) is 5.91 Å². The lowest BCUT2D eigenvalue weighted by Crippen LogP contribution is -2.40. The van der Waals surface area contributed by atoms with E-state index in [4.69, 9.17) is 9.47 Å². The zero-order valence-electron chi connectivity index (χ0n) is 15.3. The van der Waals surface area contributed by atoms with Crippen molar-refractivity contribution >= 4 is 11.4 Å². The lowest BCUT2D eigenvalue weighted by atomic mass is 10.1. The van der Waals surface area contributed by atoms with Crippen LogP contribution < -0.4 is 4.74 Å². The molecule has 2 aromatic heterocycles. The van der Waals surface area contributed by atoms with Gasteiger partial charge in [-0.15, -0.1) is 0 Å². The highest BCUT2D eigenvalue weighted by atomic mass is 16.5. The highest BCUT2D eigenvalue weighted by molar-refractivity contribution is 6.00. The smallest absolute Gasteiger partial charge is 0.258 e. The van der Waals surface area contributed by atoms with Gasteiger partial charge in [-0.2, -0.15) is 5.10 Å². The van der Waals surface area contributed by atoms with Gasteiger partial charge in [0.15, 0.2) is 0 Å². The number of amides is 1. The summed E-state index contributed by atoms with van der Waals surface area (Å²) < 4.78 is 12.4. The number of methoxy groups -OCH3 is 2. The SMILES string of the molecule is COC[C@@H](C)N(Cc1ccccc1OC)C(=O)c1cnn2ccccc12. The van der Waals surface area contributed by atoms with Crippen LogP contribution in [0.15, 0.2) is 54.9 Å². The molecule has 1 atom stereocenters. The van der Waals surface area contributed by atoms with Crippen molar-refractivity contribution in [2.75, 3.05) is 20.8 Å².